The number of halogens is 1. The predicted molar refractivity (Wildman–Crippen MR) is 87.2 cm³/mol. The van der Waals surface area contributed by atoms with Gasteiger partial charge in [0.2, 0.25) is 0 Å². The van der Waals surface area contributed by atoms with Gasteiger partial charge in [0.25, 0.3) is 0 Å². The minimum atomic E-state index is 0.0898. The van der Waals surface area contributed by atoms with Crippen molar-refractivity contribution in [3.8, 4) is 11.5 Å². The monoisotopic (exact) mass is 357 g/mol. The minimum Gasteiger partial charge on any atom is -0.493 e. The molecule has 1 aromatic carbocycles. The Balaban J connectivity index is 2.29. The maximum absolute atomic E-state index is 6.06. The van der Waals surface area contributed by atoms with Crippen molar-refractivity contribution in [1.29, 1.82) is 0 Å². The second-order valence-corrected chi connectivity index (χ2v) is 6.08. The molecule has 0 aliphatic carbocycles. The molecule has 2 unspecified atom stereocenters. The molecule has 0 aromatic heterocycles. The highest BCUT2D eigenvalue weighted by atomic mass is 79.9. The van der Waals surface area contributed by atoms with Crippen LogP contribution in [0.2, 0.25) is 0 Å². The molecule has 1 aliphatic heterocycles. The number of hydrogen-bond acceptors (Lipinski definition) is 4. The smallest absolute Gasteiger partial charge is 0.161 e. The topological polar surface area (TPSA) is 39.7 Å². The zero-order chi connectivity index (χ0) is 15.2. The van der Waals surface area contributed by atoms with E-state index in [4.69, 9.17) is 14.2 Å². The van der Waals surface area contributed by atoms with E-state index in [1.54, 1.807) is 14.2 Å². The van der Waals surface area contributed by atoms with Crippen molar-refractivity contribution in [3.05, 3.63) is 22.2 Å². The van der Waals surface area contributed by atoms with Gasteiger partial charge in [-0.15, -0.1) is 0 Å². The molecule has 1 saturated heterocycles. The van der Waals surface area contributed by atoms with Crippen LogP contribution in [0.3, 0.4) is 0 Å². The minimum absolute atomic E-state index is 0.0898. The van der Waals surface area contributed by atoms with Gasteiger partial charge in [-0.2, -0.15) is 0 Å². The molecule has 0 saturated carbocycles. The fraction of sp³-hybridized carbons (Fsp3) is 0.625. The van der Waals surface area contributed by atoms with Crippen LogP contribution in [-0.2, 0) is 4.74 Å². The molecule has 1 N–H and O–H groups in total. The van der Waals surface area contributed by atoms with Crippen molar-refractivity contribution in [1.82, 2.24) is 5.32 Å². The third-order valence-corrected chi connectivity index (χ3v) is 4.60. The molecule has 2 atom stereocenters. The van der Waals surface area contributed by atoms with Crippen LogP contribution in [0, 0.1) is 5.92 Å². The first-order chi connectivity index (χ1) is 10.2. The lowest BCUT2D eigenvalue weighted by Crippen LogP contribution is -2.32. The molecule has 5 heteroatoms. The van der Waals surface area contributed by atoms with E-state index >= 15 is 0 Å². The normalized spacial score (nSPS) is 22.1. The van der Waals surface area contributed by atoms with Crippen molar-refractivity contribution >= 4 is 15.9 Å². The van der Waals surface area contributed by atoms with Gasteiger partial charge in [0.05, 0.1) is 20.3 Å². The molecule has 1 aromatic rings. The molecule has 1 heterocycles. The Morgan fingerprint density at radius 1 is 1.29 bits per heavy atom. The summed E-state index contributed by atoms with van der Waals surface area (Å²) in [6.07, 6.45) is 2.39. The Hall–Kier alpha value is -0.780. The van der Waals surface area contributed by atoms with Gasteiger partial charge in [0.15, 0.2) is 11.5 Å². The summed E-state index contributed by atoms with van der Waals surface area (Å²) in [6.45, 7) is 4.90. The second-order valence-electron chi connectivity index (χ2n) is 5.23. The summed E-state index contributed by atoms with van der Waals surface area (Å²) < 4.78 is 17.8. The summed E-state index contributed by atoms with van der Waals surface area (Å²) >= 11 is 3.65. The summed E-state index contributed by atoms with van der Waals surface area (Å²) in [4.78, 5) is 0. The lowest BCUT2D eigenvalue weighted by atomic mass is 9.89. The Morgan fingerprint density at radius 3 is 2.67 bits per heavy atom. The Labute approximate surface area is 135 Å². The average Bonchev–Trinajstić information content (AvgIpc) is 2.53. The van der Waals surface area contributed by atoms with Gasteiger partial charge in [-0.1, -0.05) is 22.9 Å². The van der Waals surface area contributed by atoms with Crippen LogP contribution >= 0.6 is 15.9 Å². The molecule has 0 amide bonds. The fourth-order valence-electron chi connectivity index (χ4n) is 2.81. The Kier molecular flexibility index (Phi) is 6.33. The average molecular weight is 358 g/mol. The van der Waals surface area contributed by atoms with Gasteiger partial charge in [-0.05, 0) is 37.1 Å². The summed E-state index contributed by atoms with van der Waals surface area (Å²) in [7, 11) is 3.31. The van der Waals surface area contributed by atoms with E-state index in [1.165, 1.54) is 6.42 Å². The van der Waals surface area contributed by atoms with Gasteiger partial charge in [0, 0.05) is 23.5 Å². The molecule has 21 heavy (non-hydrogen) atoms. The number of hydrogen-bond donors (Lipinski definition) is 1. The third kappa shape index (κ3) is 3.90. The molecule has 1 fully saturated rings. The van der Waals surface area contributed by atoms with Crippen LogP contribution in [0.4, 0.5) is 0 Å². The molecule has 4 nitrogen and oxygen atoms in total. The number of ether oxygens (including phenoxy) is 3. The zero-order valence-electron chi connectivity index (χ0n) is 12.9. The van der Waals surface area contributed by atoms with Crippen molar-refractivity contribution in [3.63, 3.8) is 0 Å². The zero-order valence-corrected chi connectivity index (χ0v) is 14.5. The lowest BCUT2D eigenvalue weighted by molar-refractivity contribution is -0.0281. The van der Waals surface area contributed by atoms with E-state index in [0.29, 0.717) is 5.92 Å². The molecule has 0 radical (unpaired) electrons. The van der Waals surface area contributed by atoms with Crippen LogP contribution in [0.5, 0.6) is 11.5 Å². The van der Waals surface area contributed by atoms with E-state index in [0.717, 1.165) is 47.7 Å². The standard InChI is InChI=1S/C16H24BrNO3/c1-4-18-10-11-6-5-7-21-16(11)12-8-14(19-2)15(20-3)9-13(12)17/h8-9,11,16,18H,4-7,10H2,1-3H3. The van der Waals surface area contributed by atoms with Crippen molar-refractivity contribution in [2.24, 2.45) is 5.92 Å². The molecular formula is C16H24BrNO3. The van der Waals surface area contributed by atoms with Crippen molar-refractivity contribution in [2.45, 2.75) is 25.9 Å². The van der Waals surface area contributed by atoms with Crippen LogP contribution in [0.15, 0.2) is 16.6 Å². The molecule has 1 aliphatic rings. The second kappa shape index (κ2) is 8.01. The van der Waals surface area contributed by atoms with Crippen LogP contribution in [0.25, 0.3) is 0 Å². The number of methoxy groups -OCH3 is 2. The van der Waals surface area contributed by atoms with Gasteiger partial charge in [-0.3, -0.25) is 0 Å². The summed E-state index contributed by atoms with van der Waals surface area (Å²) in [6, 6.07) is 3.98. The molecule has 0 spiro atoms. The fourth-order valence-corrected chi connectivity index (χ4v) is 3.36. The van der Waals surface area contributed by atoms with E-state index in [-0.39, 0.29) is 6.10 Å². The van der Waals surface area contributed by atoms with E-state index in [1.807, 2.05) is 12.1 Å². The first kappa shape index (κ1) is 16.6. The van der Waals surface area contributed by atoms with E-state index in [2.05, 4.69) is 28.2 Å². The quantitative estimate of drug-likeness (QED) is 0.844. The first-order valence-corrected chi connectivity index (χ1v) is 8.24. The van der Waals surface area contributed by atoms with Crippen molar-refractivity contribution in [2.75, 3.05) is 33.9 Å². The Morgan fingerprint density at radius 2 is 2.00 bits per heavy atom. The summed E-state index contributed by atoms with van der Waals surface area (Å²) in [5.41, 5.74) is 1.13. The summed E-state index contributed by atoms with van der Waals surface area (Å²) in [5, 5.41) is 3.44. The van der Waals surface area contributed by atoms with Crippen LogP contribution < -0.4 is 14.8 Å². The molecular weight excluding hydrogens is 334 g/mol. The summed E-state index contributed by atoms with van der Waals surface area (Å²) in [5.74, 6) is 1.95. The predicted octanol–water partition coefficient (Wildman–Crippen LogP) is 3.54. The molecule has 2 rings (SSSR count). The maximum Gasteiger partial charge on any atom is 0.161 e. The van der Waals surface area contributed by atoms with Crippen molar-refractivity contribution < 1.29 is 14.2 Å². The van der Waals surface area contributed by atoms with Gasteiger partial charge < -0.3 is 19.5 Å². The van der Waals surface area contributed by atoms with E-state index < -0.39 is 0 Å². The van der Waals surface area contributed by atoms with Crippen LogP contribution in [-0.4, -0.2) is 33.9 Å². The molecule has 118 valence electrons. The SMILES string of the molecule is CCNCC1CCCOC1c1cc(OC)c(OC)cc1Br. The maximum atomic E-state index is 6.06. The van der Waals surface area contributed by atoms with Gasteiger partial charge in [0.1, 0.15) is 0 Å². The number of nitrogens with one attached hydrogen (secondary N) is 1. The third-order valence-electron chi connectivity index (χ3n) is 3.91. The highest BCUT2D eigenvalue weighted by Gasteiger charge is 2.29. The Bertz CT molecular complexity index is 467. The number of benzene rings is 1. The highest BCUT2D eigenvalue weighted by molar-refractivity contribution is 9.10. The highest BCUT2D eigenvalue weighted by Crippen LogP contribution is 2.41. The van der Waals surface area contributed by atoms with Crippen LogP contribution in [0.1, 0.15) is 31.4 Å². The largest absolute Gasteiger partial charge is 0.493 e. The first-order valence-electron chi connectivity index (χ1n) is 7.45. The molecule has 0 bridgehead atoms. The van der Waals surface area contributed by atoms with Gasteiger partial charge >= 0.3 is 0 Å². The van der Waals surface area contributed by atoms with Gasteiger partial charge in [-0.25, -0.2) is 0 Å². The van der Waals surface area contributed by atoms with E-state index in [9.17, 15) is 0 Å². The number of rotatable bonds is 6. The lowest BCUT2D eigenvalue weighted by Gasteiger charge is -2.33.